The van der Waals surface area contributed by atoms with Crippen LogP contribution in [0.1, 0.15) is 26.3 Å². The summed E-state index contributed by atoms with van der Waals surface area (Å²) in [6.07, 6.45) is 0. The van der Waals surface area contributed by atoms with Gasteiger partial charge in [0.15, 0.2) is 9.84 Å². The van der Waals surface area contributed by atoms with Gasteiger partial charge >= 0.3 is 0 Å². The first-order chi connectivity index (χ1) is 9.60. The molecule has 0 radical (unpaired) electrons. The van der Waals surface area contributed by atoms with Gasteiger partial charge in [0.1, 0.15) is 5.75 Å². The van der Waals surface area contributed by atoms with Crippen molar-refractivity contribution in [3.8, 4) is 0 Å². The van der Waals surface area contributed by atoms with E-state index in [-0.39, 0.29) is 22.7 Å². The van der Waals surface area contributed by atoms with E-state index in [9.17, 15) is 13.2 Å². The third-order valence-electron chi connectivity index (χ3n) is 3.13. The van der Waals surface area contributed by atoms with Crippen LogP contribution in [0.3, 0.4) is 0 Å². The number of sulfone groups is 1. The second-order valence-corrected chi connectivity index (χ2v) is 8.28. The molecule has 1 atom stereocenters. The molecule has 0 aliphatic rings. The molecule has 1 aromatic rings. The first-order valence-corrected chi connectivity index (χ1v) is 9.12. The van der Waals surface area contributed by atoms with E-state index in [1.165, 1.54) is 6.07 Å². The number of benzene rings is 1. The molecule has 0 saturated carbocycles. The van der Waals surface area contributed by atoms with Crippen molar-refractivity contribution in [3.63, 3.8) is 0 Å². The van der Waals surface area contributed by atoms with Crippen LogP contribution in [-0.2, 0) is 20.4 Å². The zero-order valence-electron chi connectivity index (χ0n) is 12.2. The summed E-state index contributed by atoms with van der Waals surface area (Å²) >= 11 is 11.7. The van der Waals surface area contributed by atoms with E-state index in [1.807, 2.05) is 20.8 Å². The topological polar surface area (TPSA) is 63.2 Å². The maximum absolute atomic E-state index is 12.0. The summed E-state index contributed by atoms with van der Waals surface area (Å²) in [5.41, 5.74) is 0.436. The van der Waals surface area contributed by atoms with Gasteiger partial charge in [0, 0.05) is 16.1 Å². The van der Waals surface area contributed by atoms with E-state index in [0.29, 0.717) is 10.6 Å². The fourth-order valence-electron chi connectivity index (χ4n) is 1.59. The van der Waals surface area contributed by atoms with E-state index >= 15 is 0 Å². The van der Waals surface area contributed by atoms with E-state index < -0.39 is 21.5 Å². The summed E-state index contributed by atoms with van der Waals surface area (Å²) in [5, 5.41) is 3.39. The molecule has 0 saturated heterocycles. The molecule has 0 heterocycles. The van der Waals surface area contributed by atoms with Crippen LogP contribution in [0.4, 0.5) is 0 Å². The number of carbonyl (C=O) groups is 1. The number of hydrogen-bond acceptors (Lipinski definition) is 3. The lowest BCUT2D eigenvalue weighted by molar-refractivity contribution is -0.119. The summed E-state index contributed by atoms with van der Waals surface area (Å²) < 4.78 is 24.1. The van der Waals surface area contributed by atoms with Crippen LogP contribution in [0.2, 0.25) is 10.0 Å². The summed E-state index contributed by atoms with van der Waals surface area (Å²) in [4.78, 5) is 11.8. The van der Waals surface area contributed by atoms with Gasteiger partial charge in [0.25, 0.3) is 0 Å². The van der Waals surface area contributed by atoms with Gasteiger partial charge in [-0.1, -0.05) is 43.1 Å². The van der Waals surface area contributed by atoms with E-state index in [1.54, 1.807) is 12.1 Å². The maximum atomic E-state index is 12.0. The molecular formula is C14H19Cl2NO3S. The second-order valence-electron chi connectivity index (χ2n) is 5.37. The van der Waals surface area contributed by atoms with Crippen molar-refractivity contribution in [2.24, 2.45) is 5.92 Å². The highest BCUT2D eigenvalue weighted by Gasteiger charge is 2.20. The molecule has 0 aromatic heterocycles. The third kappa shape index (κ3) is 6.24. The highest BCUT2D eigenvalue weighted by atomic mass is 35.5. The van der Waals surface area contributed by atoms with Crippen molar-refractivity contribution in [1.29, 1.82) is 0 Å². The Hall–Kier alpha value is -0.780. The number of nitrogens with one attached hydrogen (secondary N) is 1. The minimum atomic E-state index is -3.58. The molecule has 1 amide bonds. The number of amides is 1. The maximum Gasteiger partial charge on any atom is 0.235 e. The lowest BCUT2D eigenvalue weighted by Gasteiger charge is -2.17. The van der Waals surface area contributed by atoms with E-state index in [0.717, 1.165) is 0 Å². The summed E-state index contributed by atoms with van der Waals surface area (Å²) in [7, 11) is -3.58. The van der Waals surface area contributed by atoms with Gasteiger partial charge in [0.2, 0.25) is 5.91 Å². The van der Waals surface area contributed by atoms with Crippen LogP contribution in [-0.4, -0.2) is 26.1 Å². The molecule has 1 rings (SSSR count). The van der Waals surface area contributed by atoms with Crippen molar-refractivity contribution in [2.75, 3.05) is 5.75 Å². The second kappa shape index (κ2) is 7.47. The predicted octanol–water partition coefficient (Wildman–Crippen LogP) is 3.07. The van der Waals surface area contributed by atoms with Crippen molar-refractivity contribution < 1.29 is 13.2 Å². The normalized spacial score (nSPS) is 13.2. The number of carbonyl (C=O) groups excluding carboxylic acids is 1. The Morgan fingerprint density at radius 2 is 1.86 bits per heavy atom. The fraction of sp³-hybridized carbons (Fsp3) is 0.500. The van der Waals surface area contributed by atoms with Gasteiger partial charge in [0.05, 0.1) is 5.75 Å². The molecule has 21 heavy (non-hydrogen) atoms. The Morgan fingerprint density at radius 3 is 2.38 bits per heavy atom. The summed E-state index contributed by atoms with van der Waals surface area (Å²) in [6.45, 7) is 5.74. The minimum absolute atomic E-state index is 0.0770. The Bertz CT molecular complexity index is 615. The van der Waals surface area contributed by atoms with E-state index in [4.69, 9.17) is 23.2 Å². The molecular weight excluding hydrogens is 333 g/mol. The fourth-order valence-corrected chi connectivity index (χ4v) is 3.45. The molecule has 0 aliphatic heterocycles. The first kappa shape index (κ1) is 18.3. The molecule has 1 unspecified atom stereocenters. The molecule has 1 N–H and O–H groups in total. The average Bonchev–Trinajstić information content (AvgIpc) is 2.31. The largest absolute Gasteiger partial charge is 0.353 e. The monoisotopic (exact) mass is 351 g/mol. The molecule has 7 heteroatoms. The lowest BCUT2D eigenvalue weighted by atomic mass is 10.1. The SMILES string of the molecule is CC(C)C(C)NC(=O)CS(=O)(=O)Cc1ccc(Cl)cc1Cl. The minimum Gasteiger partial charge on any atom is -0.353 e. The predicted molar refractivity (Wildman–Crippen MR) is 86.4 cm³/mol. The number of hydrogen-bond donors (Lipinski definition) is 1. The van der Waals surface area contributed by atoms with Crippen molar-refractivity contribution in [2.45, 2.75) is 32.6 Å². The zero-order chi connectivity index (χ0) is 16.2. The Labute approximate surface area is 135 Å². The van der Waals surface area contributed by atoms with E-state index in [2.05, 4.69) is 5.32 Å². The zero-order valence-corrected chi connectivity index (χ0v) is 14.5. The number of rotatable bonds is 6. The standard InChI is InChI=1S/C14H19Cl2NO3S/c1-9(2)10(3)17-14(18)8-21(19,20)7-11-4-5-12(15)6-13(11)16/h4-6,9-10H,7-8H2,1-3H3,(H,17,18). The molecule has 4 nitrogen and oxygen atoms in total. The van der Waals surface area contributed by atoms with Crippen LogP contribution < -0.4 is 5.32 Å². The summed E-state index contributed by atoms with van der Waals surface area (Å²) in [5.74, 6) is -1.10. The molecule has 0 bridgehead atoms. The first-order valence-electron chi connectivity index (χ1n) is 6.54. The molecule has 0 aliphatic carbocycles. The average molecular weight is 352 g/mol. The van der Waals surface area contributed by atoms with Crippen LogP contribution >= 0.6 is 23.2 Å². The summed E-state index contributed by atoms with van der Waals surface area (Å²) in [6, 6.07) is 4.53. The van der Waals surface area contributed by atoms with Crippen LogP contribution in [0.5, 0.6) is 0 Å². The van der Waals surface area contributed by atoms with Crippen molar-refractivity contribution in [1.82, 2.24) is 5.32 Å². The van der Waals surface area contributed by atoms with Crippen LogP contribution in [0.15, 0.2) is 18.2 Å². The number of halogens is 2. The van der Waals surface area contributed by atoms with Crippen LogP contribution in [0.25, 0.3) is 0 Å². The van der Waals surface area contributed by atoms with Crippen molar-refractivity contribution in [3.05, 3.63) is 33.8 Å². The highest BCUT2D eigenvalue weighted by Crippen LogP contribution is 2.22. The Kier molecular flexibility index (Phi) is 6.50. The van der Waals surface area contributed by atoms with Gasteiger partial charge in [-0.2, -0.15) is 0 Å². The molecule has 1 aromatic carbocycles. The van der Waals surface area contributed by atoms with Gasteiger partial charge in [-0.05, 0) is 30.5 Å². The Balaban J connectivity index is 2.72. The highest BCUT2D eigenvalue weighted by molar-refractivity contribution is 7.91. The third-order valence-corrected chi connectivity index (χ3v) is 5.17. The molecule has 118 valence electrons. The van der Waals surface area contributed by atoms with Gasteiger partial charge in [-0.25, -0.2) is 8.42 Å². The van der Waals surface area contributed by atoms with Gasteiger partial charge in [-0.15, -0.1) is 0 Å². The quantitative estimate of drug-likeness (QED) is 0.856. The van der Waals surface area contributed by atoms with Gasteiger partial charge < -0.3 is 5.32 Å². The lowest BCUT2D eigenvalue weighted by Crippen LogP contribution is -2.39. The smallest absolute Gasteiger partial charge is 0.235 e. The van der Waals surface area contributed by atoms with Crippen molar-refractivity contribution >= 4 is 38.9 Å². The van der Waals surface area contributed by atoms with Gasteiger partial charge in [-0.3, -0.25) is 4.79 Å². The molecule has 0 spiro atoms. The molecule has 0 fully saturated rings. The Morgan fingerprint density at radius 1 is 1.24 bits per heavy atom. The van der Waals surface area contributed by atoms with Crippen LogP contribution in [0, 0.1) is 5.92 Å².